The predicted molar refractivity (Wildman–Crippen MR) is 129 cm³/mol. The maximum Gasteiger partial charge on any atom is 0.321 e. The van der Waals surface area contributed by atoms with Gasteiger partial charge in [0.1, 0.15) is 13.7 Å². The van der Waals surface area contributed by atoms with E-state index in [1.54, 1.807) is 0 Å². The van der Waals surface area contributed by atoms with Gasteiger partial charge in [-0.3, -0.25) is 0 Å². The number of amides is 2. The molecule has 2 aliphatic rings. The van der Waals surface area contributed by atoms with Crippen LogP contribution in [0.4, 0.5) is 27.9 Å². The van der Waals surface area contributed by atoms with E-state index in [9.17, 15) is 4.79 Å². The van der Waals surface area contributed by atoms with Crippen molar-refractivity contribution in [2.45, 2.75) is 32.1 Å². The Morgan fingerprint density at radius 3 is 2.58 bits per heavy atom. The van der Waals surface area contributed by atoms with Crippen LogP contribution in [0.1, 0.15) is 32.1 Å². The molecule has 0 saturated carbocycles. The van der Waals surface area contributed by atoms with Gasteiger partial charge in [0.15, 0.2) is 0 Å². The third-order valence-corrected chi connectivity index (χ3v) is 5.90. The Hall–Kier alpha value is -2.81. The van der Waals surface area contributed by atoms with Crippen molar-refractivity contribution in [1.82, 2.24) is 19.8 Å². The predicted octanol–water partition coefficient (Wildman–Crippen LogP) is 2.00. The maximum atomic E-state index is 12.3. The standard InChI is InChI=1S/C22H32BN7O/c23-19-16-25-21(28-20(19)24-9-14-29-10-2-1-3-11-29)26-17-7-6-8-18(15-17)27-22(31)30-12-4-5-13-30/h6-8,15-16H,1-5,9-14,23H2,(H,27,31)(H2,24,25,26,28). The number of urea groups is 1. The quantitative estimate of drug-likeness (QED) is 0.593. The summed E-state index contributed by atoms with van der Waals surface area (Å²) in [5.41, 5.74) is 2.62. The van der Waals surface area contributed by atoms with E-state index in [-0.39, 0.29) is 6.03 Å². The first-order valence-corrected chi connectivity index (χ1v) is 11.4. The third kappa shape index (κ3) is 6.10. The first-order valence-electron chi connectivity index (χ1n) is 11.4. The molecule has 2 aromatic rings. The fourth-order valence-electron chi connectivity index (χ4n) is 4.12. The van der Waals surface area contributed by atoms with Crippen molar-refractivity contribution in [2.75, 3.05) is 55.2 Å². The summed E-state index contributed by atoms with van der Waals surface area (Å²) in [4.78, 5) is 25.8. The molecule has 2 amide bonds. The van der Waals surface area contributed by atoms with E-state index >= 15 is 0 Å². The smallest absolute Gasteiger partial charge is 0.321 e. The van der Waals surface area contributed by atoms with Gasteiger partial charge in [0.05, 0.1) is 0 Å². The second-order valence-corrected chi connectivity index (χ2v) is 8.38. The second kappa shape index (κ2) is 10.5. The minimum atomic E-state index is -0.0403. The molecule has 1 aromatic heterocycles. The molecule has 1 aromatic carbocycles. The number of nitrogens with zero attached hydrogens (tertiary/aromatic N) is 4. The lowest BCUT2D eigenvalue weighted by Crippen LogP contribution is -2.34. The number of hydrogen-bond donors (Lipinski definition) is 3. The van der Waals surface area contributed by atoms with Crippen molar-refractivity contribution in [3.05, 3.63) is 30.5 Å². The van der Waals surface area contributed by atoms with E-state index in [0.29, 0.717) is 5.95 Å². The van der Waals surface area contributed by atoms with Gasteiger partial charge in [-0.25, -0.2) is 9.78 Å². The van der Waals surface area contributed by atoms with Gasteiger partial charge in [-0.05, 0) is 62.4 Å². The highest BCUT2D eigenvalue weighted by Crippen LogP contribution is 2.19. The number of anilines is 4. The summed E-state index contributed by atoms with van der Waals surface area (Å²) in [7, 11) is 2.02. The molecule has 0 unspecified atom stereocenters. The molecule has 2 fully saturated rings. The van der Waals surface area contributed by atoms with Crippen LogP contribution in [0.25, 0.3) is 0 Å². The topological polar surface area (TPSA) is 85.4 Å². The lowest BCUT2D eigenvalue weighted by molar-refractivity contribution is 0.222. The molecule has 2 saturated heterocycles. The monoisotopic (exact) mass is 421 g/mol. The van der Waals surface area contributed by atoms with E-state index in [4.69, 9.17) is 0 Å². The number of aromatic nitrogens is 2. The average molecular weight is 421 g/mol. The maximum absolute atomic E-state index is 12.3. The highest BCUT2D eigenvalue weighted by molar-refractivity contribution is 6.35. The zero-order valence-corrected chi connectivity index (χ0v) is 18.4. The number of likely N-dealkylation sites (tertiary alicyclic amines) is 2. The van der Waals surface area contributed by atoms with E-state index in [2.05, 4.69) is 30.8 Å². The van der Waals surface area contributed by atoms with Gasteiger partial charge in [0.25, 0.3) is 0 Å². The first-order chi connectivity index (χ1) is 15.2. The van der Waals surface area contributed by atoms with Gasteiger partial charge >= 0.3 is 6.03 Å². The Bertz CT molecular complexity index is 882. The number of carbonyl (C=O) groups excluding carboxylic acids is 1. The van der Waals surface area contributed by atoms with Crippen LogP contribution in [0.2, 0.25) is 0 Å². The largest absolute Gasteiger partial charge is 0.369 e. The molecule has 0 spiro atoms. The van der Waals surface area contributed by atoms with Crippen LogP contribution in [0.5, 0.6) is 0 Å². The highest BCUT2D eigenvalue weighted by atomic mass is 16.2. The summed E-state index contributed by atoms with van der Waals surface area (Å²) < 4.78 is 0. The van der Waals surface area contributed by atoms with Crippen LogP contribution in [0.15, 0.2) is 30.5 Å². The number of carbonyl (C=O) groups is 1. The first kappa shape index (κ1) is 21.4. The summed E-state index contributed by atoms with van der Waals surface area (Å²) in [6.07, 6.45) is 7.95. The summed E-state index contributed by atoms with van der Waals surface area (Å²) >= 11 is 0. The van der Waals surface area contributed by atoms with Crippen LogP contribution >= 0.6 is 0 Å². The lowest BCUT2D eigenvalue weighted by atomic mass is 9.99. The molecule has 0 aliphatic carbocycles. The molecule has 3 heterocycles. The van der Waals surface area contributed by atoms with Gasteiger partial charge in [-0.1, -0.05) is 12.5 Å². The second-order valence-electron chi connectivity index (χ2n) is 8.38. The molecule has 0 bridgehead atoms. The Balaban J connectivity index is 1.34. The van der Waals surface area contributed by atoms with Crippen molar-refractivity contribution < 1.29 is 4.79 Å². The molecule has 164 valence electrons. The van der Waals surface area contributed by atoms with Gasteiger partial charge in [0.2, 0.25) is 5.95 Å². The highest BCUT2D eigenvalue weighted by Gasteiger charge is 2.17. The Morgan fingerprint density at radius 2 is 1.77 bits per heavy atom. The van der Waals surface area contributed by atoms with Crippen LogP contribution in [-0.2, 0) is 0 Å². The van der Waals surface area contributed by atoms with Gasteiger partial charge in [-0.2, -0.15) is 4.98 Å². The van der Waals surface area contributed by atoms with Gasteiger partial charge in [-0.15, -0.1) is 0 Å². The normalized spacial score (nSPS) is 16.8. The minimum Gasteiger partial charge on any atom is -0.369 e. The van der Waals surface area contributed by atoms with Crippen LogP contribution in [0, 0.1) is 0 Å². The van der Waals surface area contributed by atoms with Crippen LogP contribution in [-0.4, -0.2) is 72.9 Å². The minimum absolute atomic E-state index is 0.0403. The van der Waals surface area contributed by atoms with Crippen molar-refractivity contribution in [3.8, 4) is 0 Å². The number of benzene rings is 1. The fourth-order valence-corrected chi connectivity index (χ4v) is 4.12. The molecular weight excluding hydrogens is 389 g/mol. The van der Waals surface area contributed by atoms with Crippen molar-refractivity contribution in [3.63, 3.8) is 0 Å². The molecule has 0 radical (unpaired) electrons. The van der Waals surface area contributed by atoms with Crippen LogP contribution in [0.3, 0.4) is 0 Å². The molecule has 8 nitrogen and oxygen atoms in total. The average Bonchev–Trinajstić information content (AvgIpc) is 3.32. The number of hydrogen-bond acceptors (Lipinski definition) is 6. The third-order valence-electron chi connectivity index (χ3n) is 5.90. The fraction of sp³-hybridized carbons (Fsp3) is 0.500. The summed E-state index contributed by atoms with van der Waals surface area (Å²) in [6, 6.07) is 7.61. The Morgan fingerprint density at radius 1 is 1.03 bits per heavy atom. The Kier molecular flexibility index (Phi) is 7.24. The lowest BCUT2D eigenvalue weighted by Gasteiger charge is -2.26. The van der Waals surface area contributed by atoms with E-state index in [0.717, 1.165) is 61.7 Å². The molecule has 3 N–H and O–H groups in total. The molecular formula is C22H32BN7O. The zero-order chi connectivity index (χ0) is 21.5. The summed E-state index contributed by atoms with van der Waals surface area (Å²) in [5.74, 6) is 1.39. The molecule has 9 heteroatoms. The number of rotatable bonds is 7. The van der Waals surface area contributed by atoms with Crippen molar-refractivity contribution >= 4 is 42.5 Å². The van der Waals surface area contributed by atoms with Crippen molar-refractivity contribution in [2.24, 2.45) is 0 Å². The van der Waals surface area contributed by atoms with E-state index in [1.807, 2.05) is 43.2 Å². The van der Waals surface area contributed by atoms with E-state index in [1.165, 1.54) is 32.4 Å². The van der Waals surface area contributed by atoms with Gasteiger partial charge in [0, 0.05) is 43.8 Å². The zero-order valence-electron chi connectivity index (χ0n) is 18.4. The number of nitrogens with one attached hydrogen (secondary N) is 3. The van der Waals surface area contributed by atoms with Crippen molar-refractivity contribution in [1.29, 1.82) is 0 Å². The van der Waals surface area contributed by atoms with E-state index < -0.39 is 0 Å². The number of piperidine rings is 1. The SMILES string of the molecule is Bc1cnc(Nc2cccc(NC(=O)N3CCCC3)c2)nc1NCCN1CCCCC1. The summed E-state index contributed by atoms with van der Waals surface area (Å²) in [5, 5.41) is 9.70. The molecule has 4 rings (SSSR count). The molecule has 0 atom stereocenters. The van der Waals surface area contributed by atoms with Crippen LogP contribution < -0.4 is 21.4 Å². The summed E-state index contributed by atoms with van der Waals surface area (Å²) in [6.45, 7) is 5.95. The molecule has 2 aliphatic heterocycles. The van der Waals surface area contributed by atoms with Gasteiger partial charge < -0.3 is 25.8 Å². The molecule has 31 heavy (non-hydrogen) atoms. The Labute approximate surface area is 185 Å².